The van der Waals surface area contributed by atoms with E-state index in [4.69, 9.17) is 11.0 Å². The Morgan fingerprint density at radius 3 is 2.14 bits per heavy atom. The van der Waals surface area contributed by atoms with E-state index in [9.17, 15) is 0 Å². The molecule has 4 heteroatoms. The van der Waals surface area contributed by atoms with Crippen molar-refractivity contribution in [2.75, 3.05) is 6.54 Å². The lowest BCUT2D eigenvalue weighted by Gasteiger charge is -2.03. The van der Waals surface area contributed by atoms with E-state index >= 15 is 0 Å². The molecule has 0 saturated heterocycles. The van der Waals surface area contributed by atoms with E-state index in [1.807, 2.05) is 6.07 Å². The largest absolute Gasteiger partial charge is 0.327 e. The van der Waals surface area contributed by atoms with E-state index in [1.54, 1.807) is 0 Å². The van der Waals surface area contributed by atoms with Gasteiger partial charge in [0.05, 0.1) is 6.07 Å². The zero-order valence-electron chi connectivity index (χ0n) is 3.49. The van der Waals surface area contributed by atoms with Gasteiger partial charge >= 0.3 is 0 Å². The molecule has 0 rings (SSSR count). The summed E-state index contributed by atoms with van der Waals surface area (Å²) in [4.78, 5) is 0. The van der Waals surface area contributed by atoms with E-state index < -0.39 is 3.23 Å². The normalized spacial score (nSPS) is 10.6. The van der Waals surface area contributed by atoms with Crippen molar-refractivity contribution in [3.63, 3.8) is 0 Å². The number of rotatable bonds is 1. The highest BCUT2D eigenvalue weighted by molar-refractivity contribution is 9.25. The van der Waals surface area contributed by atoms with Crippen LogP contribution in [-0.4, -0.2) is 9.78 Å². The van der Waals surface area contributed by atoms with Crippen molar-refractivity contribution >= 4 is 31.9 Å². The zero-order chi connectivity index (χ0) is 5.91. The fourth-order valence-corrected chi connectivity index (χ4v) is 0.0456. The molecule has 0 atom stereocenters. The predicted octanol–water partition coefficient (Wildman–Crippen LogP) is 0.955. The average Bonchev–Trinajstić information content (AvgIpc) is 1.68. The third-order valence-corrected chi connectivity index (χ3v) is 1.42. The van der Waals surface area contributed by atoms with Gasteiger partial charge in [-0.05, 0) is 0 Å². The van der Waals surface area contributed by atoms with Crippen LogP contribution in [0.3, 0.4) is 0 Å². The molecule has 7 heavy (non-hydrogen) atoms. The summed E-state index contributed by atoms with van der Waals surface area (Å²) in [6.07, 6.45) is 0. The first-order valence-electron chi connectivity index (χ1n) is 1.61. The van der Waals surface area contributed by atoms with Crippen LogP contribution < -0.4 is 5.73 Å². The predicted molar refractivity (Wildman–Crippen MR) is 35.3 cm³/mol. The molecular weight excluding hydrogens is 224 g/mol. The first-order valence-corrected chi connectivity index (χ1v) is 3.20. The minimum absolute atomic E-state index is 0.267. The summed E-state index contributed by atoms with van der Waals surface area (Å²) in [6.45, 7) is 0.267. The Morgan fingerprint density at radius 1 is 1.71 bits per heavy atom. The molecule has 0 bridgehead atoms. The fraction of sp³-hybridized carbons (Fsp3) is 0.667. The van der Waals surface area contributed by atoms with Crippen LogP contribution in [0.15, 0.2) is 0 Å². The van der Waals surface area contributed by atoms with Crippen LogP contribution in [0.25, 0.3) is 0 Å². The number of nitrogens with two attached hydrogens (primary N) is 1. The van der Waals surface area contributed by atoms with Gasteiger partial charge in [0.1, 0.15) is 0 Å². The van der Waals surface area contributed by atoms with Gasteiger partial charge in [0.25, 0.3) is 0 Å². The van der Waals surface area contributed by atoms with Gasteiger partial charge < -0.3 is 5.73 Å². The second-order valence-corrected chi connectivity index (χ2v) is 4.79. The van der Waals surface area contributed by atoms with Gasteiger partial charge in [-0.2, -0.15) is 5.26 Å². The Bertz CT molecular complexity index is 93.6. The first-order chi connectivity index (χ1) is 3.12. The van der Waals surface area contributed by atoms with Crippen LogP contribution in [0.2, 0.25) is 0 Å². The molecule has 0 aliphatic rings. The van der Waals surface area contributed by atoms with Crippen molar-refractivity contribution in [3.8, 4) is 6.07 Å². The van der Waals surface area contributed by atoms with Crippen molar-refractivity contribution < 1.29 is 0 Å². The smallest absolute Gasteiger partial charge is 0.178 e. The van der Waals surface area contributed by atoms with E-state index in [0.717, 1.165) is 0 Å². The third-order valence-electron chi connectivity index (χ3n) is 0.420. The lowest BCUT2D eigenvalue weighted by atomic mass is 10.5. The topological polar surface area (TPSA) is 49.8 Å². The maximum Gasteiger partial charge on any atom is 0.178 e. The lowest BCUT2D eigenvalue weighted by Crippen LogP contribution is -2.21. The molecule has 2 nitrogen and oxygen atoms in total. The molecule has 0 radical (unpaired) electrons. The first kappa shape index (κ1) is 7.41. The van der Waals surface area contributed by atoms with Crippen molar-refractivity contribution in [2.45, 2.75) is 3.23 Å². The van der Waals surface area contributed by atoms with E-state index in [-0.39, 0.29) is 6.54 Å². The Balaban J connectivity index is 3.66. The number of nitrogens with zero attached hydrogens (tertiary/aromatic N) is 1. The number of nitriles is 1. The maximum absolute atomic E-state index is 8.17. The van der Waals surface area contributed by atoms with Gasteiger partial charge in [-0.3, -0.25) is 0 Å². The van der Waals surface area contributed by atoms with Crippen molar-refractivity contribution in [1.82, 2.24) is 0 Å². The highest BCUT2D eigenvalue weighted by Crippen LogP contribution is 2.22. The van der Waals surface area contributed by atoms with Gasteiger partial charge in [0.15, 0.2) is 3.23 Å². The minimum Gasteiger partial charge on any atom is -0.327 e. The quantitative estimate of drug-likeness (QED) is 0.679. The van der Waals surface area contributed by atoms with Crippen molar-refractivity contribution in [2.24, 2.45) is 5.73 Å². The second kappa shape index (κ2) is 2.65. The highest BCUT2D eigenvalue weighted by atomic mass is 79.9. The molecule has 0 heterocycles. The van der Waals surface area contributed by atoms with Gasteiger partial charge in [0.2, 0.25) is 0 Å². The Morgan fingerprint density at radius 2 is 2.14 bits per heavy atom. The number of alkyl halides is 2. The molecule has 0 aliphatic heterocycles. The zero-order valence-corrected chi connectivity index (χ0v) is 6.66. The van der Waals surface area contributed by atoms with Crippen molar-refractivity contribution in [1.29, 1.82) is 5.26 Å². The van der Waals surface area contributed by atoms with Gasteiger partial charge in [-0.25, -0.2) is 0 Å². The van der Waals surface area contributed by atoms with Gasteiger partial charge in [-0.1, -0.05) is 31.9 Å². The molecule has 0 aliphatic carbocycles. The molecular formula is C3H4Br2N2. The Labute approximate surface area is 58.9 Å². The van der Waals surface area contributed by atoms with Crippen LogP contribution in [0.5, 0.6) is 0 Å². The maximum atomic E-state index is 8.17. The minimum atomic E-state index is -0.708. The summed E-state index contributed by atoms with van der Waals surface area (Å²) in [7, 11) is 0. The van der Waals surface area contributed by atoms with E-state index in [2.05, 4.69) is 31.9 Å². The molecule has 0 amide bonds. The average molecular weight is 228 g/mol. The lowest BCUT2D eigenvalue weighted by molar-refractivity contribution is 1.01. The highest BCUT2D eigenvalue weighted by Gasteiger charge is 2.17. The van der Waals surface area contributed by atoms with E-state index in [0.29, 0.717) is 0 Å². The number of hydrogen-bond acceptors (Lipinski definition) is 2. The molecule has 0 fully saturated rings. The number of halogens is 2. The van der Waals surface area contributed by atoms with Crippen LogP contribution in [0.4, 0.5) is 0 Å². The van der Waals surface area contributed by atoms with Crippen LogP contribution in [-0.2, 0) is 0 Å². The summed E-state index contributed by atoms with van der Waals surface area (Å²) < 4.78 is -0.708. The summed E-state index contributed by atoms with van der Waals surface area (Å²) in [5, 5.41) is 8.17. The molecule has 0 unspecified atom stereocenters. The Kier molecular flexibility index (Phi) is 2.81. The van der Waals surface area contributed by atoms with Crippen molar-refractivity contribution in [3.05, 3.63) is 0 Å². The molecule has 0 aromatic carbocycles. The number of hydrogen-bond donors (Lipinski definition) is 1. The molecule has 0 saturated carbocycles. The van der Waals surface area contributed by atoms with E-state index in [1.165, 1.54) is 0 Å². The fourth-order valence-electron chi connectivity index (χ4n) is 0.0456. The van der Waals surface area contributed by atoms with Crippen LogP contribution in [0, 0.1) is 11.3 Å². The molecule has 0 aromatic heterocycles. The monoisotopic (exact) mass is 226 g/mol. The van der Waals surface area contributed by atoms with Crippen LogP contribution >= 0.6 is 31.9 Å². The Hall–Kier alpha value is 0.410. The molecule has 0 spiro atoms. The standard InChI is InChI=1S/C3H4Br2N2/c4-3(5,1-6)2-7/h1,6H2. The third kappa shape index (κ3) is 3.03. The summed E-state index contributed by atoms with van der Waals surface area (Å²) in [5.41, 5.74) is 5.10. The molecule has 2 N–H and O–H groups in total. The summed E-state index contributed by atoms with van der Waals surface area (Å²) in [5.74, 6) is 0. The second-order valence-electron chi connectivity index (χ2n) is 1.02. The summed E-state index contributed by atoms with van der Waals surface area (Å²) >= 11 is 6.02. The van der Waals surface area contributed by atoms with Gasteiger partial charge in [-0.15, -0.1) is 0 Å². The van der Waals surface area contributed by atoms with Crippen LogP contribution in [0.1, 0.15) is 0 Å². The summed E-state index contributed by atoms with van der Waals surface area (Å²) in [6, 6.07) is 1.90. The molecule has 0 aromatic rings. The van der Waals surface area contributed by atoms with Gasteiger partial charge in [0, 0.05) is 6.54 Å². The SMILES string of the molecule is N#CC(Br)(Br)CN. The molecule has 40 valence electrons.